The Morgan fingerprint density at radius 3 is 2.30 bits per heavy atom. The average molecular weight is 291 g/mol. The first kappa shape index (κ1) is 14.6. The average Bonchev–Trinajstić information content (AvgIpc) is 2.41. The summed E-state index contributed by atoms with van der Waals surface area (Å²) in [4.78, 5) is 0.277. The summed E-state index contributed by atoms with van der Waals surface area (Å²) in [5, 5.41) is 8.84. The Hall–Kier alpha value is -1.85. The summed E-state index contributed by atoms with van der Waals surface area (Å²) < 4.78 is 27.1. The summed E-state index contributed by atoms with van der Waals surface area (Å²) >= 11 is 0. The predicted octanol–water partition coefficient (Wildman–Crippen LogP) is 2.33. The Balaban J connectivity index is 2.22. The molecule has 106 valence electrons. The number of sulfonamides is 1. The van der Waals surface area contributed by atoms with E-state index in [4.69, 9.17) is 5.11 Å². The van der Waals surface area contributed by atoms with E-state index in [1.807, 2.05) is 0 Å². The monoisotopic (exact) mass is 291 g/mol. The molecule has 0 aromatic heterocycles. The van der Waals surface area contributed by atoms with Crippen LogP contribution in [0.2, 0.25) is 0 Å². The fourth-order valence-electron chi connectivity index (χ4n) is 1.94. The van der Waals surface area contributed by atoms with Crippen molar-refractivity contribution in [2.24, 2.45) is 0 Å². The lowest BCUT2D eigenvalue weighted by atomic mass is 10.1. The Labute approximate surface area is 119 Å². The zero-order chi connectivity index (χ0) is 14.6. The highest BCUT2D eigenvalue weighted by molar-refractivity contribution is 7.92. The lowest BCUT2D eigenvalue weighted by Crippen LogP contribution is -2.14. The van der Waals surface area contributed by atoms with Crippen molar-refractivity contribution >= 4 is 15.7 Å². The van der Waals surface area contributed by atoms with Crippen LogP contribution in [0.25, 0.3) is 0 Å². The van der Waals surface area contributed by atoms with Crippen LogP contribution in [0.4, 0.5) is 5.69 Å². The number of nitrogens with one attached hydrogen (secondary N) is 1. The molecule has 2 rings (SSSR count). The van der Waals surface area contributed by atoms with Crippen molar-refractivity contribution in [2.75, 3.05) is 11.3 Å². The van der Waals surface area contributed by atoms with E-state index in [2.05, 4.69) is 4.72 Å². The van der Waals surface area contributed by atoms with Crippen molar-refractivity contribution in [2.45, 2.75) is 18.2 Å². The Morgan fingerprint density at radius 1 is 1.05 bits per heavy atom. The van der Waals surface area contributed by atoms with E-state index in [1.54, 1.807) is 55.5 Å². The number of hydrogen-bond donors (Lipinski definition) is 2. The van der Waals surface area contributed by atoms with Crippen molar-refractivity contribution in [3.63, 3.8) is 0 Å². The molecule has 0 saturated heterocycles. The number of anilines is 1. The number of aliphatic hydroxyl groups excluding tert-OH is 1. The summed E-state index contributed by atoms with van der Waals surface area (Å²) in [5.41, 5.74) is 2.18. The summed E-state index contributed by atoms with van der Waals surface area (Å²) in [6.07, 6.45) is 0.560. The molecule has 0 atom stereocenters. The molecule has 0 bridgehead atoms. The van der Waals surface area contributed by atoms with E-state index < -0.39 is 10.0 Å². The van der Waals surface area contributed by atoms with Crippen LogP contribution in [0.15, 0.2) is 53.4 Å². The SMILES string of the molecule is Cc1ccccc1S(=O)(=O)Nc1ccc(CCO)cc1. The summed E-state index contributed by atoms with van der Waals surface area (Å²) in [5.74, 6) is 0. The molecule has 0 spiro atoms. The van der Waals surface area contributed by atoms with Crippen molar-refractivity contribution < 1.29 is 13.5 Å². The van der Waals surface area contributed by atoms with Gasteiger partial charge in [-0.1, -0.05) is 30.3 Å². The van der Waals surface area contributed by atoms with E-state index in [-0.39, 0.29) is 11.5 Å². The molecule has 0 amide bonds. The van der Waals surface area contributed by atoms with Gasteiger partial charge in [0.05, 0.1) is 4.90 Å². The van der Waals surface area contributed by atoms with Gasteiger partial charge in [-0.15, -0.1) is 0 Å². The molecular formula is C15H17NO3S. The zero-order valence-electron chi connectivity index (χ0n) is 11.2. The van der Waals surface area contributed by atoms with Gasteiger partial charge in [-0.2, -0.15) is 0 Å². The molecule has 0 fully saturated rings. The van der Waals surface area contributed by atoms with E-state index in [9.17, 15) is 8.42 Å². The molecule has 0 saturated carbocycles. The van der Waals surface area contributed by atoms with Gasteiger partial charge in [0.2, 0.25) is 0 Å². The molecule has 2 aromatic rings. The van der Waals surface area contributed by atoms with Crippen molar-refractivity contribution in [3.05, 3.63) is 59.7 Å². The van der Waals surface area contributed by atoms with Crippen LogP contribution in [0, 0.1) is 6.92 Å². The summed E-state index contributed by atoms with van der Waals surface area (Å²) in [6, 6.07) is 13.8. The second-order valence-corrected chi connectivity index (χ2v) is 6.19. The van der Waals surface area contributed by atoms with Gasteiger partial charge in [0.15, 0.2) is 0 Å². The van der Waals surface area contributed by atoms with Gasteiger partial charge >= 0.3 is 0 Å². The lowest BCUT2D eigenvalue weighted by molar-refractivity contribution is 0.299. The van der Waals surface area contributed by atoms with Crippen molar-refractivity contribution in [3.8, 4) is 0 Å². The topological polar surface area (TPSA) is 66.4 Å². The smallest absolute Gasteiger partial charge is 0.262 e. The highest BCUT2D eigenvalue weighted by atomic mass is 32.2. The molecule has 0 aliphatic carbocycles. The van der Waals surface area contributed by atoms with E-state index in [0.29, 0.717) is 17.7 Å². The third-order valence-electron chi connectivity index (χ3n) is 2.99. The van der Waals surface area contributed by atoms with Crippen LogP contribution in [-0.4, -0.2) is 20.1 Å². The highest BCUT2D eigenvalue weighted by Crippen LogP contribution is 2.19. The molecule has 0 aliphatic rings. The number of benzene rings is 2. The number of hydrogen-bond acceptors (Lipinski definition) is 3. The fourth-order valence-corrected chi connectivity index (χ4v) is 3.24. The van der Waals surface area contributed by atoms with Crippen LogP contribution in [0.1, 0.15) is 11.1 Å². The second-order valence-electron chi connectivity index (χ2n) is 4.54. The molecule has 0 aliphatic heterocycles. The van der Waals surface area contributed by atoms with Crippen LogP contribution in [0.3, 0.4) is 0 Å². The summed E-state index contributed by atoms with van der Waals surface area (Å²) in [7, 11) is -3.57. The maximum absolute atomic E-state index is 12.3. The molecule has 2 aromatic carbocycles. The molecular weight excluding hydrogens is 274 g/mol. The van der Waals surface area contributed by atoms with Gasteiger partial charge in [0.1, 0.15) is 0 Å². The molecule has 20 heavy (non-hydrogen) atoms. The number of rotatable bonds is 5. The van der Waals surface area contributed by atoms with Crippen molar-refractivity contribution in [1.29, 1.82) is 0 Å². The predicted molar refractivity (Wildman–Crippen MR) is 79.2 cm³/mol. The zero-order valence-corrected chi connectivity index (χ0v) is 12.0. The normalized spacial score (nSPS) is 11.3. The first-order chi connectivity index (χ1) is 9.53. The maximum Gasteiger partial charge on any atom is 0.262 e. The van der Waals surface area contributed by atoms with E-state index in [0.717, 1.165) is 5.56 Å². The van der Waals surface area contributed by atoms with Crippen LogP contribution in [0.5, 0.6) is 0 Å². The molecule has 4 nitrogen and oxygen atoms in total. The maximum atomic E-state index is 12.3. The molecule has 2 N–H and O–H groups in total. The Kier molecular flexibility index (Phi) is 4.42. The minimum absolute atomic E-state index is 0.0777. The highest BCUT2D eigenvalue weighted by Gasteiger charge is 2.15. The first-order valence-electron chi connectivity index (χ1n) is 6.31. The van der Waals surface area contributed by atoms with E-state index >= 15 is 0 Å². The Bertz CT molecular complexity index is 679. The number of aryl methyl sites for hydroxylation is 1. The third kappa shape index (κ3) is 3.37. The van der Waals surface area contributed by atoms with Crippen LogP contribution < -0.4 is 4.72 Å². The van der Waals surface area contributed by atoms with Gasteiger partial charge in [0, 0.05) is 12.3 Å². The second kappa shape index (κ2) is 6.07. The third-order valence-corrected chi connectivity index (χ3v) is 4.53. The van der Waals surface area contributed by atoms with Gasteiger partial charge in [0.25, 0.3) is 10.0 Å². The standard InChI is InChI=1S/C15H17NO3S/c1-12-4-2-3-5-15(12)20(18,19)16-14-8-6-13(7-9-14)10-11-17/h2-9,16-17H,10-11H2,1H3. The minimum Gasteiger partial charge on any atom is -0.396 e. The summed E-state index contributed by atoms with van der Waals surface area (Å²) in [6.45, 7) is 1.84. The van der Waals surface area contributed by atoms with Crippen LogP contribution in [-0.2, 0) is 16.4 Å². The van der Waals surface area contributed by atoms with Gasteiger partial charge < -0.3 is 5.11 Å². The lowest BCUT2D eigenvalue weighted by Gasteiger charge is -2.10. The molecule has 0 radical (unpaired) electrons. The molecule has 0 heterocycles. The molecule has 5 heteroatoms. The molecule has 0 unspecified atom stereocenters. The van der Waals surface area contributed by atoms with Gasteiger partial charge in [-0.05, 0) is 42.7 Å². The quantitative estimate of drug-likeness (QED) is 0.888. The van der Waals surface area contributed by atoms with Crippen LogP contribution >= 0.6 is 0 Å². The van der Waals surface area contributed by atoms with Crippen molar-refractivity contribution in [1.82, 2.24) is 0 Å². The van der Waals surface area contributed by atoms with E-state index in [1.165, 1.54) is 0 Å². The van der Waals surface area contributed by atoms with Gasteiger partial charge in [-0.3, -0.25) is 4.72 Å². The van der Waals surface area contributed by atoms with Gasteiger partial charge in [-0.25, -0.2) is 8.42 Å². The fraction of sp³-hybridized carbons (Fsp3) is 0.200. The first-order valence-corrected chi connectivity index (χ1v) is 7.79. The minimum atomic E-state index is -3.57. The number of aliphatic hydroxyl groups is 1. The Morgan fingerprint density at radius 2 is 1.70 bits per heavy atom. The largest absolute Gasteiger partial charge is 0.396 e.